The molecule has 2 aromatic rings. The molecule has 35 heavy (non-hydrogen) atoms. The Balaban J connectivity index is 1.09. The second-order valence-corrected chi connectivity index (χ2v) is 10.2. The highest BCUT2D eigenvalue weighted by molar-refractivity contribution is 7.10. The first-order chi connectivity index (χ1) is 17.1. The number of fused-ring (bicyclic) bond motifs is 1. The lowest BCUT2D eigenvalue weighted by Gasteiger charge is -2.31. The lowest BCUT2D eigenvalue weighted by Crippen LogP contribution is -2.44. The van der Waals surface area contributed by atoms with E-state index in [-0.39, 0.29) is 30.4 Å². The van der Waals surface area contributed by atoms with Crippen molar-refractivity contribution in [1.29, 1.82) is 0 Å². The van der Waals surface area contributed by atoms with Gasteiger partial charge in [-0.15, -0.1) is 11.3 Å². The van der Waals surface area contributed by atoms with E-state index in [4.69, 9.17) is 4.74 Å². The molecule has 1 fully saturated rings. The molecular formula is C26H30N4O4S. The average molecular weight is 495 g/mol. The first-order valence-electron chi connectivity index (χ1n) is 12.3. The van der Waals surface area contributed by atoms with E-state index in [0.29, 0.717) is 36.6 Å². The van der Waals surface area contributed by atoms with E-state index in [9.17, 15) is 14.4 Å². The topological polar surface area (TPSA) is 101 Å². The van der Waals surface area contributed by atoms with Crippen LogP contribution in [0.3, 0.4) is 0 Å². The van der Waals surface area contributed by atoms with Crippen molar-refractivity contribution in [2.75, 3.05) is 25.0 Å². The monoisotopic (exact) mass is 494 g/mol. The summed E-state index contributed by atoms with van der Waals surface area (Å²) < 4.78 is 5.01. The van der Waals surface area contributed by atoms with E-state index in [2.05, 4.69) is 21.7 Å². The molecule has 0 atom stereocenters. The van der Waals surface area contributed by atoms with Crippen LogP contribution >= 0.6 is 11.3 Å². The van der Waals surface area contributed by atoms with E-state index < -0.39 is 0 Å². The van der Waals surface area contributed by atoms with Crippen molar-refractivity contribution in [2.45, 2.75) is 57.5 Å². The molecule has 2 N–H and O–H groups in total. The molecule has 5 rings (SSSR count). The Bertz CT molecular complexity index is 1150. The van der Waals surface area contributed by atoms with Gasteiger partial charge >= 0.3 is 12.0 Å². The number of allylic oxidation sites excluding steroid dienone is 1. The molecule has 3 aliphatic rings. The third-order valence-corrected chi connectivity index (χ3v) is 7.95. The third kappa shape index (κ3) is 5.56. The summed E-state index contributed by atoms with van der Waals surface area (Å²) in [5, 5.41) is 8.59. The second-order valence-electron chi connectivity index (χ2n) is 9.32. The maximum absolute atomic E-state index is 12.7. The standard InChI is InChI=1S/C26H30N4O4S/c31-23(28-20-7-6-19-15-34-25(32)21(19)14-20)22-16-35-24(29-22)18-9-12-30(13-10-18)26(33)27-11-8-17-4-2-1-3-5-17/h4,6-7,14,16,18H,1-3,5,8-13,15H2,(H,27,33)(H,28,31). The molecule has 184 valence electrons. The number of anilines is 1. The predicted molar refractivity (Wildman–Crippen MR) is 134 cm³/mol. The summed E-state index contributed by atoms with van der Waals surface area (Å²) >= 11 is 1.48. The van der Waals surface area contributed by atoms with Gasteiger partial charge in [-0.3, -0.25) is 4.79 Å². The molecule has 0 bridgehead atoms. The zero-order chi connectivity index (χ0) is 24.2. The van der Waals surface area contributed by atoms with Gasteiger partial charge in [0.25, 0.3) is 5.91 Å². The van der Waals surface area contributed by atoms with Gasteiger partial charge in [-0.05, 0) is 57.1 Å². The first-order valence-corrected chi connectivity index (χ1v) is 13.2. The molecular weight excluding hydrogens is 464 g/mol. The second kappa shape index (κ2) is 10.6. The molecule has 1 aromatic carbocycles. The smallest absolute Gasteiger partial charge is 0.338 e. The molecule has 1 saturated heterocycles. The van der Waals surface area contributed by atoms with Gasteiger partial charge in [0.2, 0.25) is 0 Å². The number of rotatable bonds is 6. The summed E-state index contributed by atoms with van der Waals surface area (Å²) in [5.41, 5.74) is 3.69. The number of ether oxygens (including phenoxy) is 1. The minimum Gasteiger partial charge on any atom is -0.457 e. The maximum Gasteiger partial charge on any atom is 0.338 e. The van der Waals surface area contributed by atoms with Crippen molar-refractivity contribution >= 4 is 34.9 Å². The summed E-state index contributed by atoms with van der Waals surface area (Å²) in [6, 6.07) is 5.21. The highest BCUT2D eigenvalue weighted by Gasteiger charge is 2.27. The van der Waals surface area contributed by atoms with E-state index in [0.717, 1.165) is 36.3 Å². The molecule has 0 radical (unpaired) electrons. The van der Waals surface area contributed by atoms with Gasteiger partial charge in [0.1, 0.15) is 12.3 Å². The van der Waals surface area contributed by atoms with Crippen LogP contribution in [0.15, 0.2) is 35.2 Å². The fraction of sp³-hybridized carbons (Fsp3) is 0.462. The van der Waals surface area contributed by atoms with Crippen molar-refractivity contribution in [3.63, 3.8) is 0 Å². The summed E-state index contributed by atoms with van der Waals surface area (Å²) in [5.74, 6) is -0.426. The molecule has 3 amide bonds. The Kier molecular flexibility index (Phi) is 7.13. The number of hydrogen-bond acceptors (Lipinski definition) is 6. The van der Waals surface area contributed by atoms with E-state index in [1.54, 1.807) is 23.6 Å². The largest absolute Gasteiger partial charge is 0.457 e. The molecule has 2 aliphatic heterocycles. The van der Waals surface area contributed by atoms with Crippen LogP contribution in [-0.4, -0.2) is 47.4 Å². The number of carbonyl (C=O) groups excluding carboxylic acids is 3. The van der Waals surface area contributed by atoms with E-state index in [1.807, 2.05) is 4.90 Å². The molecule has 1 aliphatic carbocycles. The highest BCUT2D eigenvalue weighted by atomic mass is 32.1. The van der Waals surface area contributed by atoms with Crippen LogP contribution in [0.2, 0.25) is 0 Å². The number of hydrogen-bond donors (Lipinski definition) is 2. The molecule has 8 nitrogen and oxygen atoms in total. The Morgan fingerprint density at radius 3 is 2.86 bits per heavy atom. The Morgan fingerprint density at radius 1 is 1.20 bits per heavy atom. The Hall–Kier alpha value is -3.20. The van der Waals surface area contributed by atoms with Gasteiger partial charge in [-0.2, -0.15) is 0 Å². The van der Waals surface area contributed by atoms with Gasteiger partial charge in [-0.25, -0.2) is 14.6 Å². The SMILES string of the molecule is O=C(Nc1ccc2c(c1)C(=O)OC2)c1csc(C2CCN(C(=O)NCCC3=CCCCC3)CC2)n1. The van der Waals surface area contributed by atoms with Crippen molar-refractivity contribution in [1.82, 2.24) is 15.2 Å². The summed E-state index contributed by atoms with van der Waals surface area (Å²) in [7, 11) is 0. The number of urea groups is 1. The van der Waals surface area contributed by atoms with Crippen molar-refractivity contribution in [3.8, 4) is 0 Å². The lowest BCUT2D eigenvalue weighted by molar-refractivity contribution is 0.0535. The number of piperidine rings is 1. The number of nitrogens with one attached hydrogen (secondary N) is 2. The molecule has 0 unspecified atom stereocenters. The van der Waals surface area contributed by atoms with Crippen LogP contribution in [0.5, 0.6) is 0 Å². The van der Waals surface area contributed by atoms with Crippen LogP contribution in [-0.2, 0) is 11.3 Å². The number of aromatic nitrogens is 1. The lowest BCUT2D eigenvalue weighted by atomic mass is 9.97. The van der Waals surface area contributed by atoms with Gasteiger partial charge in [0, 0.05) is 42.2 Å². The number of nitrogens with zero attached hydrogens (tertiary/aromatic N) is 2. The number of cyclic esters (lactones) is 1. The van der Waals surface area contributed by atoms with E-state index in [1.165, 1.54) is 36.2 Å². The van der Waals surface area contributed by atoms with Crippen LogP contribution in [0.25, 0.3) is 0 Å². The van der Waals surface area contributed by atoms with Gasteiger partial charge in [0.05, 0.1) is 10.6 Å². The average Bonchev–Trinajstić information content (AvgIpc) is 3.52. The van der Waals surface area contributed by atoms with Crippen molar-refractivity contribution in [2.24, 2.45) is 0 Å². The predicted octanol–water partition coefficient (Wildman–Crippen LogP) is 4.85. The fourth-order valence-electron chi connectivity index (χ4n) is 4.87. The molecule has 9 heteroatoms. The number of carbonyl (C=O) groups is 3. The molecule has 3 heterocycles. The number of esters is 1. The third-order valence-electron chi connectivity index (χ3n) is 6.94. The number of likely N-dealkylation sites (tertiary alicyclic amines) is 1. The molecule has 0 saturated carbocycles. The Labute approximate surface area is 208 Å². The first kappa shape index (κ1) is 23.5. The zero-order valence-corrected chi connectivity index (χ0v) is 20.5. The number of amides is 3. The van der Waals surface area contributed by atoms with E-state index >= 15 is 0 Å². The normalized spacial score (nSPS) is 18.0. The van der Waals surface area contributed by atoms with Crippen LogP contribution in [0, 0.1) is 0 Å². The maximum atomic E-state index is 12.7. The van der Waals surface area contributed by atoms with Crippen LogP contribution in [0.1, 0.15) is 82.3 Å². The van der Waals surface area contributed by atoms with Crippen LogP contribution in [0.4, 0.5) is 10.5 Å². The Morgan fingerprint density at radius 2 is 2.06 bits per heavy atom. The minimum absolute atomic E-state index is 0.0114. The summed E-state index contributed by atoms with van der Waals surface area (Å²) in [6.45, 7) is 2.34. The van der Waals surface area contributed by atoms with Gasteiger partial charge in [-0.1, -0.05) is 17.7 Å². The summed E-state index contributed by atoms with van der Waals surface area (Å²) in [4.78, 5) is 43.5. The van der Waals surface area contributed by atoms with Crippen molar-refractivity contribution < 1.29 is 19.1 Å². The fourth-order valence-corrected chi connectivity index (χ4v) is 5.84. The molecule has 0 spiro atoms. The number of benzene rings is 1. The highest BCUT2D eigenvalue weighted by Crippen LogP contribution is 2.31. The number of thiazole rings is 1. The van der Waals surface area contributed by atoms with Crippen LogP contribution < -0.4 is 10.6 Å². The van der Waals surface area contributed by atoms with Gasteiger partial charge < -0.3 is 20.3 Å². The minimum atomic E-state index is -0.367. The molecule has 1 aromatic heterocycles. The van der Waals surface area contributed by atoms with Crippen molar-refractivity contribution in [3.05, 3.63) is 57.1 Å². The quantitative estimate of drug-likeness (QED) is 0.442. The summed E-state index contributed by atoms with van der Waals surface area (Å²) in [6.07, 6.45) is 9.81. The zero-order valence-electron chi connectivity index (χ0n) is 19.7. The van der Waals surface area contributed by atoms with Gasteiger partial charge in [0.15, 0.2) is 0 Å².